The first kappa shape index (κ1) is 31.6. The molecule has 0 aromatic carbocycles. The maximum absolute atomic E-state index is 13.2. The average molecular weight is 616 g/mol. The van der Waals surface area contributed by atoms with Crippen molar-refractivity contribution in [2.45, 2.75) is 44.6 Å². The minimum atomic E-state index is -1.31. The summed E-state index contributed by atoms with van der Waals surface area (Å²) < 4.78 is 24.8. The van der Waals surface area contributed by atoms with E-state index < -0.39 is 53.8 Å². The van der Waals surface area contributed by atoms with Crippen LogP contribution in [-0.4, -0.2) is 103 Å². The lowest BCUT2D eigenvalue weighted by molar-refractivity contribution is -0.169. The third-order valence-corrected chi connectivity index (χ3v) is 7.35. The lowest BCUT2D eigenvalue weighted by Crippen LogP contribution is -2.71. The molecule has 1 saturated heterocycles. The van der Waals surface area contributed by atoms with Gasteiger partial charge >= 0.3 is 18.2 Å². The van der Waals surface area contributed by atoms with Crippen LogP contribution < -0.4 is 10.6 Å². The van der Waals surface area contributed by atoms with Crippen molar-refractivity contribution in [2.75, 3.05) is 39.0 Å². The predicted octanol–water partition coefficient (Wildman–Crippen LogP) is 1.42. The molecule has 3 rings (SSSR count). The standard InChI is InChI=1S/C23H29N5O11S2/c1-10(2)37-23(33)39-11(3)38-20(31)16-12(7-34-4)8-40-19-15(18(30)28(16)19)25-17(29)14(27-36-6)13-9-41-21(24-13)26-22(32)35-5/h9-11,15,19H,7-8H2,1-6H3,(H,25,29)(H,24,26,32)/b27-14-/t11?,15-,19-/m1/s1. The minimum absolute atomic E-state index is 0.0337. The van der Waals surface area contributed by atoms with Gasteiger partial charge in [0.05, 0.1) is 19.8 Å². The number of amides is 3. The number of carbonyl (C=O) groups is 5. The Hall–Kier alpha value is -3.90. The summed E-state index contributed by atoms with van der Waals surface area (Å²) in [5.74, 6) is -1.99. The summed E-state index contributed by atoms with van der Waals surface area (Å²) in [5, 5.41) is 9.65. The van der Waals surface area contributed by atoms with E-state index >= 15 is 0 Å². The van der Waals surface area contributed by atoms with Crippen LogP contribution in [-0.2, 0) is 42.9 Å². The third-order valence-electron chi connectivity index (χ3n) is 5.25. The van der Waals surface area contributed by atoms with Crippen LogP contribution in [0, 0.1) is 0 Å². The van der Waals surface area contributed by atoms with Crippen LogP contribution in [0.2, 0.25) is 0 Å². The molecular weight excluding hydrogens is 586 g/mol. The van der Waals surface area contributed by atoms with E-state index in [1.165, 1.54) is 50.3 Å². The van der Waals surface area contributed by atoms with Gasteiger partial charge < -0.3 is 33.8 Å². The van der Waals surface area contributed by atoms with E-state index in [2.05, 4.69) is 25.5 Å². The number of aromatic nitrogens is 1. The van der Waals surface area contributed by atoms with Gasteiger partial charge in [0.1, 0.15) is 29.9 Å². The maximum atomic E-state index is 13.2. The van der Waals surface area contributed by atoms with Crippen LogP contribution in [0.3, 0.4) is 0 Å². The van der Waals surface area contributed by atoms with Crippen molar-refractivity contribution in [3.05, 3.63) is 22.3 Å². The summed E-state index contributed by atoms with van der Waals surface area (Å²) in [5.41, 5.74) is 0.242. The third kappa shape index (κ3) is 7.65. The van der Waals surface area contributed by atoms with Gasteiger partial charge in [-0.15, -0.1) is 23.1 Å². The molecule has 1 aromatic heterocycles. The summed E-state index contributed by atoms with van der Waals surface area (Å²) in [7, 11) is 3.85. The second-order valence-electron chi connectivity index (χ2n) is 8.53. The molecule has 1 fully saturated rings. The number of methoxy groups -OCH3 is 2. The Kier molecular flexibility index (Phi) is 10.9. The molecule has 1 unspecified atom stereocenters. The Labute approximate surface area is 242 Å². The van der Waals surface area contributed by atoms with Crippen molar-refractivity contribution >= 4 is 64.0 Å². The van der Waals surface area contributed by atoms with E-state index in [-0.39, 0.29) is 34.6 Å². The summed E-state index contributed by atoms with van der Waals surface area (Å²) >= 11 is 2.31. The molecule has 2 aliphatic rings. The van der Waals surface area contributed by atoms with Crippen molar-refractivity contribution in [3.8, 4) is 0 Å². The topological polar surface area (TPSA) is 193 Å². The number of ether oxygens (including phenoxy) is 5. The first-order chi connectivity index (χ1) is 19.5. The summed E-state index contributed by atoms with van der Waals surface area (Å²) in [6.07, 6.45) is -3.52. The highest BCUT2D eigenvalue weighted by Crippen LogP contribution is 2.41. The number of β-lactam (4-membered cyclic amide) rings is 1. The number of esters is 1. The molecular formula is C23H29N5O11S2. The first-order valence-electron chi connectivity index (χ1n) is 12.0. The predicted molar refractivity (Wildman–Crippen MR) is 144 cm³/mol. The molecule has 3 heterocycles. The van der Waals surface area contributed by atoms with Crippen LogP contribution in [0.5, 0.6) is 0 Å². The number of anilines is 1. The molecule has 2 N–H and O–H groups in total. The van der Waals surface area contributed by atoms with Crippen LogP contribution in [0.15, 0.2) is 21.8 Å². The Bertz CT molecular complexity index is 1250. The Morgan fingerprint density at radius 3 is 2.51 bits per heavy atom. The number of hydrogen-bond acceptors (Lipinski definition) is 15. The number of rotatable bonds is 11. The quantitative estimate of drug-likeness (QED) is 0.0907. The van der Waals surface area contributed by atoms with Gasteiger partial charge in [-0.25, -0.2) is 19.4 Å². The Morgan fingerprint density at radius 2 is 1.88 bits per heavy atom. The average Bonchev–Trinajstić information content (AvgIpc) is 3.36. The van der Waals surface area contributed by atoms with Crippen LogP contribution in [0.1, 0.15) is 26.5 Å². The molecule has 0 aliphatic carbocycles. The molecule has 3 atom stereocenters. The van der Waals surface area contributed by atoms with Gasteiger partial charge in [0.25, 0.3) is 11.8 Å². The second-order valence-corrected chi connectivity index (χ2v) is 10.5. The highest BCUT2D eigenvalue weighted by Gasteiger charge is 2.55. The van der Waals surface area contributed by atoms with Crippen LogP contribution in [0.4, 0.5) is 14.7 Å². The number of hydrogen-bond donors (Lipinski definition) is 2. The van der Waals surface area contributed by atoms with E-state index in [0.29, 0.717) is 5.57 Å². The summed E-state index contributed by atoms with van der Waals surface area (Å²) in [4.78, 5) is 72.8. The molecule has 0 bridgehead atoms. The molecule has 0 radical (unpaired) electrons. The lowest BCUT2D eigenvalue weighted by Gasteiger charge is -2.49. The van der Waals surface area contributed by atoms with Gasteiger partial charge in [0.2, 0.25) is 6.29 Å². The number of nitrogens with zero attached hydrogens (tertiary/aromatic N) is 3. The zero-order chi connectivity index (χ0) is 30.3. The van der Waals surface area contributed by atoms with Crippen molar-refractivity contribution < 1.29 is 52.5 Å². The highest BCUT2D eigenvalue weighted by molar-refractivity contribution is 8.00. The van der Waals surface area contributed by atoms with Gasteiger partial charge in [-0.1, -0.05) is 5.16 Å². The fourth-order valence-corrected chi connectivity index (χ4v) is 5.64. The number of fused-ring (bicyclic) bond motifs is 1. The SMILES string of the molecule is COCC1=C(C(=O)OC(C)OC(=O)OC(C)C)N2C(=O)[C@@H](NC(=O)/C(=N\OC)c3csc(NC(=O)OC)n3)[C@H]2SC1. The number of thiazole rings is 1. The number of thioether (sulfide) groups is 1. The number of carbonyl (C=O) groups excluding carboxylic acids is 5. The van der Waals surface area contributed by atoms with Crippen LogP contribution >= 0.6 is 23.1 Å². The molecule has 0 saturated carbocycles. The molecule has 3 amide bonds. The summed E-state index contributed by atoms with van der Waals surface area (Å²) in [6, 6.07) is -1.03. The molecule has 1 aromatic rings. The molecule has 2 aliphatic heterocycles. The van der Waals surface area contributed by atoms with Crippen LogP contribution in [0.25, 0.3) is 0 Å². The first-order valence-corrected chi connectivity index (χ1v) is 13.9. The van der Waals surface area contributed by atoms with Crippen molar-refractivity contribution in [1.82, 2.24) is 15.2 Å². The zero-order valence-corrected chi connectivity index (χ0v) is 24.6. The highest BCUT2D eigenvalue weighted by atomic mass is 32.2. The van der Waals surface area contributed by atoms with E-state index in [9.17, 15) is 24.0 Å². The zero-order valence-electron chi connectivity index (χ0n) is 22.9. The largest absolute Gasteiger partial charge is 0.511 e. The lowest BCUT2D eigenvalue weighted by atomic mass is 10.0. The fraction of sp³-hybridized carbons (Fsp3) is 0.522. The van der Waals surface area contributed by atoms with E-state index in [4.69, 9.17) is 23.8 Å². The van der Waals surface area contributed by atoms with Crippen molar-refractivity contribution in [3.63, 3.8) is 0 Å². The number of nitrogens with one attached hydrogen (secondary N) is 2. The van der Waals surface area contributed by atoms with Gasteiger partial charge in [0, 0.05) is 25.2 Å². The Morgan fingerprint density at radius 1 is 1.15 bits per heavy atom. The molecule has 16 nitrogen and oxygen atoms in total. The van der Waals surface area contributed by atoms with Gasteiger partial charge in [-0.05, 0) is 19.4 Å². The van der Waals surface area contributed by atoms with Crippen molar-refractivity contribution in [1.29, 1.82) is 0 Å². The Balaban J connectivity index is 1.73. The van der Waals surface area contributed by atoms with Gasteiger partial charge in [-0.2, -0.15) is 0 Å². The van der Waals surface area contributed by atoms with Gasteiger partial charge in [0.15, 0.2) is 10.8 Å². The monoisotopic (exact) mass is 615 g/mol. The van der Waals surface area contributed by atoms with Gasteiger partial charge in [-0.3, -0.25) is 19.8 Å². The molecule has 0 spiro atoms. The fourth-order valence-electron chi connectivity index (χ4n) is 3.63. The normalized spacial score (nSPS) is 19.0. The second kappa shape index (κ2) is 14.1. The van der Waals surface area contributed by atoms with Crippen molar-refractivity contribution in [2.24, 2.45) is 5.16 Å². The van der Waals surface area contributed by atoms with E-state index in [1.807, 2.05) is 0 Å². The van der Waals surface area contributed by atoms with E-state index in [0.717, 1.165) is 11.3 Å². The minimum Gasteiger partial charge on any atom is -0.453 e. The smallest absolute Gasteiger partial charge is 0.453 e. The molecule has 224 valence electrons. The molecule has 18 heteroatoms. The van der Waals surface area contributed by atoms with E-state index in [1.54, 1.807) is 13.8 Å². The number of oxime groups is 1. The molecule has 41 heavy (non-hydrogen) atoms. The summed E-state index contributed by atoms with van der Waals surface area (Å²) in [6.45, 7) is 4.62. The maximum Gasteiger partial charge on any atom is 0.511 e.